The first-order valence-electron chi connectivity index (χ1n) is 4.24. The molecule has 1 N–H and O–H groups in total. The van der Waals surface area contributed by atoms with Crippen molar-refractivity contribution in [3.05, 3.63) is 34.9 Å². The highest BCUT2D eigenvalue weighted by Gasteiger charge is 2.31. The number of aliphatic hydroxyl groups excluding tert-OH is 1. The predicted octanol–water partition coefficient (Wildman–Crippen LogP) is 4.16. The Morgan fingerprint density at radius 2 is 2.06 bits per heavy atom. The lowest BCUT2D eigenvalue weighted by Gasteiger charge is -2.10. The van der Waals surface area contributed by atoms with Crippen LogP contribution >= 0.6 is 11.6 Å². The van der Waals surface area contributed by atoms with Crippen LogP contribution in [0.3, 0.4) is 0 Å². The van der Waals surface area contributed by atoms with Gasteiger partial charge in [0.2, 0.25) is 0 Å². The summed E-state index contributed by atoms with van der Waals surface area (Å²) in [5, 5.41) is 9.33. The zero-order valence-corrected chi connectivity index (χ0v) is 8.93. The van der Waals surface area contributed by atoms with Gasteiger partial charge in [0.1, 0.15) is 11.5 Å². The van der Waals surface area contributed by atoms with Crippen LogP contribution in [0.2, 0.25) is 5.02 Å². The van der Waals surface area contributed by atoms with E-state index in [0.29, 0.717) is 0 Å². The minimum atomic E-state index is -4.76. The van der Waals surface area contributed by atoms with Crippen molar-refractivity contribution < 1.29 is 23.0 Å². The van der Waals surface area contributed by atoms with Crippen LogP contribution in [0.4, 0.5) is 13.2 Å². The van der Waals surface area contributed by atoms with Crippen LogP contribution in [0, 0.1) is 0 Å². The Kier molecular flexibility index (Phi) is 3.70. The summed E-state index contributed by atoms with van der Waals surface area (Å²) in [5.74, 6) is -0.534. The number of benzene rings is 1. The molecule has 0 spiro atoms. The summed E-state index contributed by atoms with van der Waals surface area (Å²) in [6, 6.07) is 3.32. The number of ether oxygens (including phenoxy) is 1. The Bertz CT molecular complexity index is 413. The van der Waals surface area contributed by atoms with Gasteiger partial charge in [-0.05, 0) is 31.2 Å². The highest BCUT2D eigenvalue weighted by atomic mass is 35.5. The Morgan fingerprint density at radius 1 is 1.44 bits per heavy atom. The molecule has 2 nitrogen and oxygen atoms in total. The van der Waals surface area contributed by atoms with E-state index in [1.54, 1.807) is 6.92 Å². The van der Waals surface area contributed by atoms with Crippen LogP contribution in [-0.2, 0) is 0 Å². The van der Waals surface area contributed by atoms with E-state index >= 15 is 0 Å². The molecule has 1 aromatic rings. The molecule has 0 saturated carbocycles. The van der Waals surface area contributed by atoms with E-state index in [0.717, 1.165) is 12.1 Å². The first-order valence-corrected chi connectivity index (χ1v) is 4.62. The summed E-state index contributed by atoms with van der Waals surface area (Å²) >= 11 is 5.68. The maximum Gasteiger partial charge on any atom is 0.573 e. The molecule has 0 aliphatic carbocycles. The predicted molar refractivity (Wildman–Crippen MR) is 54.4 cm³/mol. The molecular formula is C10H8ClF3O2. The molecule has 0 aromatic heterocycles. The van der Waals surface area contributed by atoms with Gasteiger partial charge >= 0.3 is 6.36 Å². The van der Waals surface area contributed by atoms with E-state index in [9.17, 15) is 18.3 Å². The second-order valence-electron chi connectivity index (χ2n) is 2.86. The molecule has 0 amide bonds. The average molecular weight is 253 g/mol. The second kappa shape index (κ2) is 4.65. The van der Waals surface area contributed by atoms with Crippen molar-refractivity contribution in [1.82, 2.24) is 0 Å². The van der Waals surface area contributed by atoms with Gasteiger partial charge in [0.25, 0.3) is 0 Å². The summed E-state index contributed by atoms with van der Waals surface area (Å²) in [4.78, 5) is 0. The average Bonchev–Trinajstić information content (AvgIpc) is 2.14. The van der Waals surface area contributed by atoms with Crippen LogP contribution in [0.1, 0.15) is 12.5 Å². The van der Waals surface area contributed by atoms with Crippen LogP contribution < -0.4 is 4.74 Å². The summed E-state index contributed by atoms with van der Waals surface area (Å²) in [6.45, 7) is 1.58. The fourth-order valence-corrected chi connectivity index (χ4v) is 1.32. The monoisotopic (exact) mass is 252 g/mol. The molecule has 0 atom stereocenters. The van der Waals surface area contributed by atoms with Crippen LogP contribution in [0.15, 0.2) is 24.3 Å². The van der Waals surface area contributed by atoms with Crippen molar-refractivity contribution in [1.29, 1.82) is 0 Å². The van der Waals surface area contributed by atoms with Crippen molar-refractivity contribution in [2.75, 3.05) is 0 Å². The Balaban J connectivity index is 3.00. The SMILES string of the molecule is CC=C(O)c1ccc(OC(F)(F)F)cc1Cl. The van der Waals surface area contributed by atoms with Crippen molar-refractivity contribution in [3.63, 3.8) is 0 Å². The maximum atomic E-state index is 11.9. The molecule has 1 aromatic carbocycles. The first-order chi connectivity index (χ1) is 7.33. The van der Waals surface area contributed by atoms with Crippen LogP contribution in [0.25, 0.3) is 5.76 Å². The number of aliphatic hydroxyl groups is 1. The van der Waals surface area contributed by atoms with E-state index in [-0.39, 0.29) is 16.3 Å². The standard InChI is InChI=1S/C10H8ClF3O2/c1-2-9(15)7-4-3-6(5-8(7)11)16-10(12,13)14/h2-5,15H,1H3. The Hall–Kier alpha value is -1.36. The quantitative estimate of drug-likeness (QED) is 0.801. The topological polar surface area (TPSA) is 29.5 Å². The highest BCUT2D eigenvalue weighted by molar-refractivity contribution is 6.32. The third kappa shape index (κ3) is 3.34. The van der Waals surface area contributed by atoms with Gasteiger partial charge in [-0.25, -0.2) is 0 Å². The number of alkyl halides is 3. The van der Waals surface area contributed by atoms with Crippen molar-refractivity contribution in [2.45, 2.75) is 13.3 Å². The van der Waals surface area contributed by atoms with E-state index in [4.69, 9.17) is 11.6 Å². The molecule has 0 heterocycles. The first kappa shape index (κ1) is 12.7. The van der Waals surface area contributed by atoms with E-state index < -0.39 is 12.1 Å². The molecule has 0 radical (unpaired) electrons. The lowest BCUT2D eigenvalue weighted by atomic mass is 10.2. The van der Waals surface area contributed by atoms with Gasteiger partial charge in [0.05, 0.1) is 5.02 Å². The van der Waals surface area contributed by atoms with E-state index in [2.05, 4.69) is 4.74 Å². The molecule has 6 heteroatoms. The van der Waals surface area contributed by atoms with Gasteiger partial charge < -0.3 is 9.84 Å². The third-order valence-corrected chi connectivity index (χ3v) is 2.04. The normalized spacial score (nSPS) is 12.7. The molecule has 0 aliphatic rings. The summed E-state index contributed by atoms with van der Waals surface area (Å²) in [5.41, 5.74) is 0.249. The minimum Gasteiger partial charge on any atom is -0.508 e. The Labute approximate surface area is 94.9 Å². The molecule has 0 bridgehead atoms. The van der Waals surface area contributed by atoms with Gasteiger partial charge in [0, 0.05) is 5.56 Å². The Morgan fingerprint density at radius 3 is 2.50 bits per heavy atom. The van der Waals surface area contributed by atoms with Crippen LogP contribution in [-0.4, -0.2) is 11.5 Å². The number of hydrogen-bond acceptors (Lipinski definition) is 2. The molecule has 16 heavy (non-hydrogen) atoms. The molecule has 88 valence electrons. The van der Waals surface area contributed by atoms with Crippen molar-refractivity contribution in [3.8, 4) is 5.75 Å². The summed E-state index contributed by atoms with van der Waals surface area (Å²) in [7, 11) is 0. The smallest absolute Gasteiger partial charge is 0.508 e. The molecule has 0 fully saturated rings. The van der Waals surface area contributed by atoms with Crippen molar-refractivity contribution >= 4 is 17.4 Å². The van der Waals surface area contributed by atoms with Gasteiger partial charge in [-0.2, -0.15) is 0 Å². The zero-order valence-electron chi connectivity index (χ0n) is 8.18. The number of halogens is 4. The van der Waals surface area contributed by atoms with Crippen molar-refractivity contribution in [2.24, 2.45) is 0 Å². The largest absolute Gasteiger partial charge is 0.573 e. The van der Waals surface area contributed by atoms with Gasteiger partial charge in [-0.1, -0.05) is 11.6 Å². The molecule has 0 unspecified atom stereocenters. The maximum absolute atomic E-state index is 11.9. The highest BCUT2D eigenvalue weighted by Crippen LogP contribution is 2.29. The lowest BCUT2D eigenvalue weighted by molar-refractivity contribution is -0.274. The fraction of sp³-hybridized carbons (Fsp3) is 0.200. The molecule has 0 saturated heterocycles. The lowest BCUT2D eigenvalue weighted by Crippen LogP contribution is -2.17. The van der Waals surface area contributed by atoms with E-state index in [1.165, 1.54) is 12.1 Å². The molecular weight excluding hydrogens is 245 g/mol. The third-order valence-electron chi connectivity index (χ3n) is 1.72. The number of hydrogen-bond donors (Lipinski definition) is 1. The zero-order chi connectivity index (χ0) is 12.3. The van der Waals surface area contributed by atoms with E-state index in [1.807, 2.05) is 0 Å². The summed E-state index contributed by atoms with van der Waals surface area (Å²) in [6.07, 6.45) is -3.38. The minimum absolute atomic E-state index is 0.0163. The fourth-order valence-electron chi connectivity index (χ4n) is 1.06. The van der Waals surface area contributed by atoms with Gasteiger partial charge in [-0.3, -0.25) is 0 Å². The molecule has 0 aliphatic heterocycles. The summed E-state index contributed by atoms with van der Waals surface area (Å²) < 4.78 is 39.3. The van der Waals surface area contributed by atoms with Gasteiger partial charge in [0.15, 0.2) is 0 Å². The second-order valence-corrected chi connectivity index (χ2v) is 3.27. The van der Waals surface area contributed by atoms with Crippen LogP contribution in [0.5, 0.6) is 5.75 Å². The molecule has 1 rings (SSSR count). The number of rotatable bonds is 2. The number of allylic oxidation sites excluding steroid dienone is 1. The van der Waals surface area contributed by atoms with Gasteiger partial charge in [-0.15, -0.1) is 13.2 Å².